The Morgan fingerprint density at radius 2 is 1.90 bits per heavy atom. The summed E-state index contributed by atoms with van der Waals surface area (Å²) >= 11 is 1.89. The number of hydrogen-bond acceptors (Lipinski definition) is 3. The van der Waals surface area contributed by atoms with Crippen LogP contribution in [-0.4, -0.2) is 13.2 Å². The summed E-state index contributed by atoms with van der Waals surface area (Å²) in [5.74, 6) is 0. The van der Waals surface area contributed by atoms with Crippen molar-refractivity contribution in [3.63, 3.8) is 0 Å². The third-order valence-corrected chi connectivity index (χ3v) is 4.39. The van der Waals surface area contributed by atoms with Crippen molar-refractivity contribution >= 4 is 11.3 Å². The van der Waals surface area contributed by atoms with Crippen LogP contribution in [0.25, 0.3) is 0 Å². The number of thiophene rings is 1. The Morgan fingerprint density at radius 1 is 1.15 bits per heavy atom. The minimum Gasteiger partial charge on any atom is -0.380 e. The van der Waals surface area contributed by atoms with Crippen molar-refractivity contribution in [2.24, 2.45) is 0 Å². The minimum atomic E-state index is 0.476. The molecule has 0 aliphatic carbocycles. The van der Waals surface area contributed by atoms with E-state index in [9.17, 15) is 0 Å². The maximum absolute atomic E-state index is 5.25. The SMILES string of the molecule is COCc1ccccc1CNC(C)Cc1ccc(C)s1. The lowest BCUT2D eigenvalue weighted by atomic mass is 10.1. The van der Waals surface area contributed by atoms with Crippen LogP contribution in [0.5, 0.6) is 0 Å². The van der Waals surface area contributed by atoms with Crippen molar-refractivity contribution in [1.82, 2.24) is 5.32 Å². The maximum atomic E-state index is 5.25. The van der Waals surface area contributed by atoms with Gasteiger partial charge in [0, 0.05) is 29.5 Å². The molecule has 0 bridgehead atoms. The molecular formula is C17H23NOS. The topological polar surface area (TPSA) is 21.3 Å². The Balaban J connectivity index is 1.88. The zero-order chi connectivity index (χ0) is 14.4. The zero-order valence-corrected chi connectivity index (χ0v) is 13.3. The lowest BCUT2D eigenvalue weighted by molar-refractivity contribution is 0.184. The molecule has 108 valence electrons. The molecule has 0 aliphatic rings. The maximum Gasteiger partial charge on any atom is 0.0716 e. The number of rotatable bonds is 7. The van der Waals surface area contributed by atoms with Gasteiger partial charge in [-0.3, -0.25) is 0 Å². The number of hydrogen-bond donors (Lipinski definition) is 1. The van der Waals surface area contributed by atoms with Crippen molar-refractivity contribution in [1.29, 1.82) is 0 Å². The predicted octanol–water partition coefficient (Wildman–Crippen LogP) is 3.92. The normalized spacial score (nSPS) is 12.6. The van der Waals surface area contributed by atoms with Crippen LogP contribution in [0.3, 0.4) is 0 Å². The summed E-state index contributed by atoms with van der Waals surface area (Å²) in [6, 6.07) is 13.4. The molecule has 1 unspecified atom stereocenters. The first-order valence-electron chi connectivity index (χ1n) is 7.03. The van der Waals surface area contributed by atoms with Crippen LogP contribution in [0.4, 0.5) is 0 Å². The summed E-state index contributed by atoms with van der Waals surface area (Å²) in [4.78, 5) is 2.84. The molecule has 0 spiro atoms. The summed E-state index contributed by atoms with van der Waals surface area (Å²) in [6.07, 6.45) is 1.09. The van der Waals surface area contributed by atoms with E-state index in [1.54, 1.807) is 7.11 Å². The Hall–Kier alpha value is -1.16. The monoisotopic (exact) mass is 289 g/mol. The quantitative estimate of drug-likeness (QED) is 0.834. The molecule has 1 aromatic carbocycles. The van der Waals surface area contributed by atoms with Gasteiger partial charge >= 0.3 is 0 Å². The van der Waals surface area contributed by atoms with Crippen molar-refractivity contribution in [2.45, 2.75) is 39.5 Å². The van der Waals surface area contributed by atoms with E-state index in [2.05, 4.69) is 55.6 Å². The smallest absolute Gasteiger partial charge is 0.0716 e. The van der Waals surface area contributed by atoms with E-state index in [0.717, 1.165) is 13.0 Å². The van der Waals surface area contributed by atoms with Gasteiger partial charge in [0.1, 0.15) is 0 Å². The van der Waals surface area contributed by atoms with Crippen LogP contribution in [0, 0.1) is 6.92 Å². The Kier molecular flexibility index (Phi) is 5.77. The molecule has 1 heterocycles. The second-order valence-corrected chi connectivity index (χ2v) is 6.57. The molecule has 0 aliphatic heterocycles. The van der Waals surface area contributed by atoms with E-state index in [4.69, 9.17) is 4.74 Å². The highest BCUT2D eigenvalue weighted by Crippen LogP contribution is 2.17. The third-order valence-electron chi connectivity index (χ3n) is 3.36. The van der Waals surface area contributed by atoms with Crippen molar-refractivity contribution in [3.05, 3.63) is 57.3 Å². The summed E-state index contributed by atoms with van der Waals surface area (Å²) < 4.78 is 5.25. The molecular weight excluding hydrogens is 266 g/mol. The summed E-state index contributed by atoms with van der Waals surface area (Å²) in [6.45, 7) is 5.97. The van der Waals surface area contributed by atoms with Crippen LogP contribution in [-0.2, 0) is 24.3 Å². The summed E-state index contributed by atoms with van der Waals surface area (Å²) in [7, 11) is 1.74. The Morgan fingerprint density at radius 3 is 2.55 bits per heavy atom. The molecule has 3 heteroatoms. The van der Waals surface area contributed by atoms with Gasteiger partial charge in [-0.2, -0.15) is 0 Å². The highest BCUT2D eigenvalue weighted by atomic mass is 32.1. The highest BCUT2D eigenvalue weighted by Gasteiger charge is 2.07. The highest BCUT2D eigenvalue weighted by molar-refractivity contribution is 7.11. The number of methoxy groups -OCH3 is 1. The van der Waals surface area contributed by atoms with E-state index in [-0.39, 0.29) is 0 Å². The molecule has 0 radical (unpaired) electrons. The van der Waals surface area contributed by atoms with Crippen LogP contribution >= 0.6 is 11.3 Å². The van der Waals surface area contributed by atoms with Gasteiger partial charge in [-0.15, -0.1) is 11.3 Å². The van der Waals surface area contributed by atoms with Crippen LogP contribution < -0.4 is 5.32 Å². The molecule has 1 aromatic heterocycles. The Labute approximate surface area is 125 Å². The third kappa shape index (κ3) is 4.44. The number of ether oxygens (including phenoxy) is 1. The van der Waals surface area contributed by atoms with Gasteiger partial charge < -0.3 is 10.1 Å². The van der Waals surface area contributed by atoms with Gasteiger partial charge in [0.15, 0.2) is 0 Å². The van der Waals surface area contributed by atoms with Gasteiger partial charge in [0.25, 0.3) is 0 Å². The lowest BCUT2D eigenvalue weighted by Crippen LogP contribution is -2.27. The molecule has 2 aromatic rings. The molecule has 1 N–H and O–H groups in total. The fraction of sp³-hybridized carbons (Fsp3) is 0.412. The van der Waals surface area contributed by atoms with E-state index < -0.39 is 0 Å². The molecule has 0 saturated carbocycles. The molecule has 2 nitrogen and oxygen atoms in total. The molecule has 1 atom stereocenters. The van der Waals surface area contributed by atoms with Crippen LogP contribution in [0.15, 0.2) is 36.4 Å². The van der Waals surface area contributed by atoms with Gasteiger partial charge in [0.2, 0.25) is 0 Å². The number of benzene rings is 1. The lowest BCUT2D eigenvalue weighted by Gasteiger charge is -2.15. The predicted molar refractivity (Wildman–Crippen MR) is 86.2 cm³/mol. The van der Waals surface area contributed by atoms with Gasteiger partial charge in [-0.1, -0.05) is 24.3 Å². The molecule has 0 amide bonds. The molecule has 0 fully saturated rings. The van der Waals surface area contributed by atoms with E-state index in [1.807, 2.05) is 11.3 Å². The van der Waals surface area contributed by atoms with Crippen LogP contribution in [0.2, 0.25) is 0 Å². The van der Waals surface area contributed by atoms with Crippen molar-refractivity contribution < 1.29 is 4.74 Å². The van der Waals surface area contributed by atoms with E-state index in [1.165, 1.54) is 20.9 Å². The van der Waals surface area contributed by atoms with Crippen molar-refractivity contribution in [2.75, 3.05) is 7.11 Å². The fourth-order valence-corrected chi connectivity index (χ4v) is 3.30. The Bertz CT molecular complexity index is 535. The first kappa shape index (κ1) is 15.2. The molecule has 20 heavy (non-hydrogen) atoms. The number of aryl methyl sites for hydroxylation is 1. The van der Waals surface area contributed by atoms with Crippen molar-refractivity contribution in [3.8, 4) is 0 Å². The van der Waals surface area contributed by atoms with Gasteiger partial charge in [-0.25, -0.2) is 0 Å². The summed E-state index contributed by atoms with van der Waals surface area (Å²) in [5.41, 5.74) is 2.59. The fourth-order valence-electron chi connectivity index (χ4n) is 2.28. The molecule has 0 saturated heterocycles. The second-order valence-electron chi connectivity index (χ2n) is 5.20. The van der Waals surface area contributed by atoms with E-state index >= 15 is 0 Å². The van der Waals surface area contributed by atoms with Gasteiger partial charge in [-0.05, 0) is 43.5 Å². The average Bonchev–Trinajstić information content (AvgIpc) is 2.83. The first-order chi connectivity index (χ1) is 9.69. The van der Waals surface area contributed by atoms with Crippen LogP contribution in [0.1, 0.15) is 27.8 Å². The molecule has 2 rings (SSSR count). The summed E-state index contributed by atoms with van der Waals surface area (Å²) in [5, 5.41) is 3.61. The second kappa shape index (κ2) is 7.58. The zero-order valence-electron chi connectivity index (χ0n) is 12.5. The number of nitrogens with one attached hydrogen (secondary N) is 1. The average molecular weight is 289 g/mol. The van der Waals surface area contributed by atoms with E-state index in [0.29, 0.717) is 12.6 Å². The minimum absolute atomic E-state index is 0.476. The largest absolute Gasteiger partial charge is 0.380 e. The van der Waals surface area contributed by atoms with Gasteiger partial charge in [0.05, 0.1) is 6.61 Å². The standard InChI is InChI=1S/C17H23NOS/c1-13(10-17-9-8-14(2)20-17)18-11-15-6-4-5-7-16(15)12-19-3/h4-9,13,18H,10-12H2,1-3H3. The first-order valence-corrected chi connectivity index (χ1v) is 7.85.